The van der Waals surface area contributed by atoms with E-state index in [0.29, 0.717) is 20.6 Å². The molecule has 0 saturated heterocycles. The highest BCUT2D eigenvalue weighted by atomic mass is 32.1. The summed E-state index contributed by atoms with van der Waals surface area (Å²) >= 11 is 2.57. The van der Waals surface area contributed by atoms with Gasteiger partial charge in [0.2, 0.25) is 0 Å². The average molecular weight is 369 g/mol. The number of anilines is 1. The number of nitrogens with one attached hydrogen (secondary N) is 1. The molecular formula is C18H12FN3OS2. The second-order valence-electron chi connectivity index (χ2n) is 5.45. The van der Waals surface area contributed by atoms with Gasteiger partial charge in [-0.15, -0.1) is 11.3 Å². The summed E-state index contributed by atoms with van der Waals surface area (Å²) in [6.45, 7) is 2.01. The molecule has 4 nitrogen and oxygen atoms in total. The van der Waals surface area contributed by atoms with E-state index in [-0.39, 0.29) is 11.7 Å². The number of thiazole rings is 2. The second kappa shape index (κ2) is 6.34. The maximum Gasteiger partial charge on any atom is 0.269 e. The van der Waals surface area contributed by atoms with E-state index in [9.17, 15) is 9.18 Å². The molecular weight excluding hydrogens is 357 g/mol. The number of carbonyl (C=O) groups is 1. The number of hydrogen-bond acceptors (Lipinski definition) is 5. The summed E-state index contributed by atoms with van der Waals surface area (Å²) in [7, 11) is 0. The Morgan fingerprint density at radius 1 is 1.16 bits per heavy atom. The molecule has 0 bridgehead atoms. The topological polar surface area (TPSA) is 54.9 Å². The van der Waals surface area contributed by atoms with Crippen molar-refractivity contribution in [2.45, 2.75) is 6.92 Å². The first kappa shape index (κ1) is 15.9. The maximum atomic E-state index is 13.8. The quantitative estimate of drug-likeness (QED) is 0.545. The van der Waals surface area contributed by atoms with Crippen LogP contribution in [-0.4, -0.2) is 15.9 Å². The number of halogens is 1. The van der Waals surface area contributed by atoms with Crippen molar-refractivity contribution in [3.8, 4) is 10.6 Å². The number of hydrogen-bond donors (Lipinski definition) is 1. The van der Waals surface area contributed by atoms with Crippen molar-refractivity contribution in [2.24, 2.45) is 0 Å². The Bertz CT molecular complexity index is 1090. The highest BCUT2D eigenvalue weighted by Gasteiger charge is 2.15. The molecule has 0 spiro atoms. The molecule has 0 atom stereocenters. The molecule has 0 fully saturated rings. The largest absolute Gasteiger partial charge is 0.297 e. The lowest BCUT2D eigenvalue weighted by Crippen LogP contribution is -2.09. The predicted octanol–water partition coefficient (Wildman–Crippen LogP) is 5.12. The van der Waals surface area contributed by atoms with Gasteiger partial charge in [0.15, 0.2) is 5.13 Å². The Labute approximate surface area is 151 Å². The molecule has 25 heavy (non-hydrogen) atoms. The SMILES string of the molecule is Cc1ccc2nc(NC(=O)c3cnc(-c4ccccc4F)s3)sc2c1. The van der Waals surface area contributed by atoms with Gasteiger partial charge in [0.05, 0.1) is 16.4 Å². The van der Waals surface area contributed by atoms with Gasteiger partial charge in [-0.2, -0.15) is 0 Å². The molecule has 0 aliphatic heterocycles. The van der Waals surface area contributed by atoms with Gasteiger partial charge in [-0.1, -0.05) is 29.5 Å². The van der Waals surface area contributed by atoms with Crippen molar-refractivity contribution in [2.75, 3.05) is 5.32 Å². The number of aromatic nitrogens is 2. The summed E-state index contributed by atoms with van der Waals surface area (Å²) in [5.74, 6) is -0.652. The van der Waals surface area contributed by atoms with Gasteiger partial charge in [-0.25, -0.2) is 14.4 Å². The van der Waals surface area contributed by atoms with E-state index in [2.05, 4.69) is 15.3 Å². The minimum Gasteiger partial charge on any atom is -0.297 e. The van der Waals surface area contributed by atoms with Crippen LogP contribution in [-0.2, 0) is 0 Å². The standard InChI is InChI=1S/C18H12FN3OS2/c1-10-6-7-13-14(8-10)25-18(21-13)22-16(23)15-9-20-17(24-15)11-4-2-3-5-12(11)19/h2-9H,1H3,(H,21,22,23). The molecule has 0 aliphatic carbocycles. The fourth-order valence-corrected chi connectivity index (χ4v) is 4.18. The number of benzene rings is 2. The van der Waals surface area contributed by atoms with Crippen LogP contribution in [0.1, 0.15) is 15.2 Å². The summed E-state index contributed by atoms with van der Waals surface area (Å²) < 4.78 is 14.9. The molecule has 1 amide bonds. The van der Waals surface area contributed by atoms with Gasteiger partial charge in [-0.3, -0.25) is 10.1 Å². The number of fused-ring (bicyclic) bond motifs is 1. The van der Waals surface area contributed by atoms with E-state index >= 15 is 0 Å². The van der Waals surface area contributed by atoms with Gasteiger partial charge in [0.1, 0.15) is 15.7 Å². The average Bonchev–Trinajstić information content (AvgIpc) is 3.21. The van der Waals surface area contributed by atoms with E-state index in [1.165, 1.54) is 23.6 Å². The molecule has 4 aromatic rings. The fraction of sp³-hybridized carbons (Fsp3) is 0.0556. The summed E-state index contributed by atoms with van der Waals surface area (Å²) in [6, 6.07) is 12.3. The van der Waals surface area contributed by atoms with Crippen molar-refractivity contribution in [3.63, 3.8) is 0 Å². The molecule has 0 saturated carbocycles. The zero-order chi connectivity index (χ0) is 17.4. The number of amides is 1. The molecule has 1 N–H and O–H groups in total. The van der Waals surface area contributed by atoms with Crippen LogP contribution in [0.2, 0.25) is 0 Å². The van der Waals surface area contributed by atoms with Crippen molar-refractivity contribution >= 4 is 43.9 Å². The van der Waals surface area contributed by atoms with E-state index in [1.54, 1.807) is 18.2 Å². The normalized spacial score (nSPS) is 11.0. The van der Waals surface area contributed by atoms with Crippen LogP contribution in [0.5, 0.6) is 0 Å². The van der Waals surface area contributed by atoms with Gasteiger partial charge in [-0.05, 0) is 36.8 Å². The Kier molecular flexibility index (Phi) is 4.03. The lowest BCUT2D eigenvalue weighted by molar-refractivity contribution is 0.103. The van der Waals surface area contributed by atoms with Gasteiger partial charge >= 0.3 is 0 Å². The first-order valence-corrected chi connectivity index (χ1v) is 9.13. The van der Waals surface area contributed by atoms with E-state index in [4.69, 9.17) is 0 Å². The molecule has 2 aromatic heterocycles. The van der Waals surface area contributed by atoms with Crippen LogP contribution in [0.15, 0.2) is 48.7 Å². The van der Waals surface area contributed by atoms with E-state index in [1.807, 2.05) is 25.1 Å². The third-order valence-corrected chi connectivity index (χ3v) is 5.56. The molecule has 7 heteroatoms. The predicted molar refractivity (Wildman–Crippen MR) is 99.8 cm³/mol. The van der Waals surface area contributed by atoms with E-state index < -0.39 is 0 Å². The van der Waals surface area contributed by atoms with Crippen molar-refractivity contribution in [1.29, 1.82) is 0 Å². The monoisotopic (exact) mass is 369 g/mol. The fourth-order valence-electron chi connectivity index (χ4n) is 2.38. The molecule has 0 radical (unpaired) electrons. The Morgan fingerprint density at radius 3 is 2.84 bits per heavy atom. The molecule has 0 aliphatic rings. The van der Waals surface area contributed by atoms with Crippen LogP contribution < -0.4 is 5.32 Å². The lowest BCUT2D eigenvalue weighted by atomic mass is 10.2. The minimum atomic E-state index is -0.356. The number of rotatable bonds is 3. The zero-order valence-corrected chi connectivity index (χ0v) is 14.7. The Balaban J connectivity index is 1.58. The van der Waals surface area contributed by atoms with Crippen molar-refractivity contribution in [3.05, 3.63) is 64.9 Å². The molecule has 2 heterocycles. The summed E-state index contributed by atoms with van der Waals surface area (Å²) in [4.78, 5) is 21.4. The Morgan fingerprint density at radius 2 is 2.00 bits per heavy atom. The number of carbonyl (C=O) groups excluding carboxylic acids is 1. The maximum absolute atomic E-state index is 13.8. The Hall–Kier alpha value is -2.64. The van der Waals surface area contributed by atoms with Crippen LogP contribution in [0, 0.1) is 12.7 Å². The van der Waals surface area contributed by atoms with Crippen LogP contribution in [0.3, 0.4) is 0 Å². The number of nitrogens with zero attached hydrogens (tertiary/aromatic N) is 2. The zero-order valence-electron chi connectivity index (χ0n) is 13.1. The van der Waals surface area contributed by atoms with Crippen LogP contribution in [0.25, 0.3) is 20.8 Å². The van der Waals surface area contributed by atoms with Gasteiger partial charge in [0.25, 0.3) is 5.91 Å². The van der Waals surface area contributed by atoms with Crippen LogP contribution >= 0.6 is 22.7 Å². The lowest BCUT2D eigenvalue weighted by Gasteiger charge is -1.98. The first-order valence-electron chi connectivity index (χ1n) is 7.49. The minimum absolute atomic E-state index is 0.295. The van der Waals surface area contributed by atoms with Crippen LogP contribution in [0.4, 0.5) is 9.52 Å². The smallest absolute Gasteiger partial charge is 0.269 e. The molecule has 0 unspecified atom stereocenters. The third-order valence-electron chi connectivity index (χ3n) is 3.60. The van der Waals surface area contributed by atoms with Crippen molar-refractivity contribution in [1.82, 2.24) is 9.97 Å². The number of aryl methyl sites for hydroxylation is 1. The molecule has 2 aromatic carbocycles. The first-order chi connectivity index (χ1) is 12.1. The third kappa shape index (κ3) is 3.16. The summed E-state index contributed by atoms with van der Waals surface area (Å²) in [5.41, 5.74) is 2.38. The van der Waals surface area contributed by atoms with E-state index in [0.717, 1.165) is 27.1 Å². The summed E-state index contributed by atoms with van der Waals surface area (Å²) in [6.07, 6.45) is 1.46. The highest BCUT2D eigenvalue weighted by Crippen LogP contribution is 2.30. The highest BCUT2D eigenvalue weighted by molar-refractivity contribution is 7.22. The second-order valence-corrected chi connectivity index (χ2v) is 7.52. The molecule has 124 valence electrons. The van der Waals surface area contributed by atoms with Crippen molar-refractivity contribution < 1.29 is 9.18 Å². The van der Waals surface area contributed by atoms with Gasteiger partial charge in [0, 0.05) is 5.56 Å². The van der Waals surface area contributed by atoms with Gasteiger partial charge < -0.3 is 0 Å². The summed E-state index contributed by atoms with van der Waals surface area (Å²) in [5, 5.41) is 3.80. The molecule has 4 rings (SSSR count).